The van der Waals surface area contributed by atoms with Gasteiger partial charge in [-0.3, -0.25) is 4.68 Å². The molecule has 0 spiro atoms. The standard InChI is InChI=1S/C17H30ClN3/c1-5-13-7-9-14(10-8-13)15(19-6-2)11-16-17(18)12(3)20-21(16)4/h13-15,19H,5-11H2,1-4H3. The zero-order chi connectivity index (χ0) is 15.4. The summed E-state index contributed by atoms with van der Waals surface area (Å²) >= 11 is 6.43. The van der Waals surface area contributed by atoms with E-state index in [1.165, 1.54) is 37.8 Å². The van der Waals surface area contributed by atoms with Gasteiger partial charge in [0.05, 0.1) is 16.4 Å². The van der Waals surface area contributed by atoms with Crippen LogP contribution in [0.2, 0.25) is 5.02 Å². The van der Waals surface area contributed by atoms with Gasteiger partial charge in [0, 0.05) is 19.5 Å². The van der Waals surface area contributed by atoms with Crippen LogP contribution in [0.5, 0.6) is 0 Å². The van der Waals surface area contributed by atoms with Crippen LogP contribution in [0.1, 0.15) is 57.3 Å². The fraction of sp³-hybridized carbons (Fsp3) is 0.824. The fourth-order valence-electron chi connectivity index (χ4n) is 3.78. The molecular formula is C17H30ClN3. The first-order chi connectivity index (χ1) is 10.1. The minimum atomic E-state index is 0.528. The van der Waals surface area contributed by atoms with Crippen molar-refractivity contribution in [1.82, 2.24) is 15.1 Å². The van der Waals surface area contributed by atoms with Crippen molar-refractivity contribution in [3.8, 4) is 0 Å². The number of aryl methyl sites for hydroxylation is 2. The molecule has 1 aliphatic carbocycles. The molecule has 2 rings (SSSR count). The molecule has 1 fully saturated rings. The molecule has 1 aromatic rings. The lowest BCUT2D eigenvalue weighted by Gasteiger charge is -2.34. The molecule has 1 heterocycles. The number of hydrogen-bond acceptors (Lipinski definition) is 2. The van der Waals surface area contributed by atoms with Crippen LogP contribution in [0.3, 0.4) is 0 Å². The maximum Gasteiger partial charge on any atom is 0.0847 e. The van der Waals surface area contributed by atoms with Crippen molar-refractivity contribution in [2.45, 2.75) is 65.3 Å². The Hall–Kier alpha value is -0.540. The third-order valence-electron chi connectivity index (χ3n) is 5.18. The minimum absolute atomic E-state index is 0.528. The van der Waals surface area contributed by atoms with Crippen LogP contribution < -0.4 is 5.32 Å². The Morgan fingerprint density at radius 1 is 1.29 bits per heavy atom. The van der Waals surface area contributed by atoms with Gasteiger partial charge in [0.15, 0.2) is 0 Å². The predicted molar refractivity (Wildman–Crippen MR) is 89.9 cm³/mol. The lowest BCUT2D eigenvalue weighted by molar-refractivity contribution is 0.216. The second-order valence-electron chi connectivity index (χ2n) is 6.53. The van der Waals surface area contributed by atoms with Gasteiger partial charge in [-0.1, -0.05) is 44.7 Å². The minimum Gasteiger partial charge on any atom is -0.314 e. The summed E-state index contributed by atoms with van der Waals surface area (Å²) in [6, 6.07) is 0.528. The monoisotopic (exact) mass is 311 g/mol. The average molecular weight is 312 g/mol. The highest BCUT2D eigenvalue weighted by Crippen LogP contribution is 2.34. The van der Waals surface area contributed by atoms with E-state index in [-0.39, 0.29) is 0 Å². The predicted octanol–water partition coefficient (Wildman–Crippen LogP) is 4.12. The molecule has 0 bridgehead atoms. The van der Waals surface area contributed by atoms with E-state index >= 15 is 0 Å². The number of aromatic nitrogens is 2. The van der Waals surface area contributed by atoms with Crippen LogP contribution in [0.15, 0.2) is 0 Å². The van der Waals surface area contributed by atoms with Crippen molar-refractivity contribution in [3.63, 3.8) is 0 Å². The van der Waals surface area contributed by atoms with Gasteiger partial charge in [0.25, 0.3) is 0 Å². The normalized spacial score (nSPS) is 24.2. The van der Waals surface area contributed by atoms with Gasteiger partial charge in [-0.15, -0.1) is 0 Å². The number of hydrogen-bond donors (Lipinski definition) is 1. The molecule has 1 aromatic heterocycles. The first kappa shape index (κ1) is 16.8. The van der Waals surface area contributed by atoms with Crippen LogP contribution in [0.4, 0.5) is 0 Å². The van der Waals surface area contributed by atoms with Gasteiger partial charge in [-0.05, 0) is 38.1 Å². The molecule has 0 saturated heterocycles. The summed E-state index contributed by atoms with van der Waals surface area (Å²) in [5.41, 5.74) is 2.12. The lowest BCUT2D eigenvalue weighted by atomic mass is 9.76. The van der Waals surface area contributed by atoms with Crippen molar-refractivity contribution >= 4 is 11.6 Å². The van der Waals surface area contributed by atoms with E-state index in [2.05, 4.69) is 24.3 Å². The Morgan fingerprint density at radius 2 is 1.95 bits per heavy atom. The van der Waals surface area contributed by atoms with Gasteiger partial charge in [0.1, 0.15) is 0 Å². The summed E-state index contributed by atoms with van der Waals surface area (Å²) in [6.07, 6.45) is 7.81. The highest BCUT2D eigenvalue weighted by atomic mass is 35.5. The van der Waals surface area contributed by atoms with E-state index in [4.69, 9.17) is 11.6 Å². The van der Waals surface area contributed by atoms with Gasteiger partial charge in [-0.2, -0.15) is 5.10 Å². The summed E-state index contributed by atoms with van der Waals surface area (Å²) in [7, 11) is 2.01. The smallest absolute Gasteiger partial charge is 0.0847 e. The van der Waals surface area contributed by atoms with Crippen LogP contribution in [-0.4, -0.2) is 22.4 Å². The molecule has 1 N–H and O–H groups in total. The number of nitrogens with zero attached hydrogens (tertiary/aromatic N) is 2. The summed E-state index contributed by atoms with van der Waals surface area (Å²) in [4.78, 5) is 0. The van der Waals surface area contributed by atoms with Crippen molar-refractivity contribution in [1.29, 1.82) is 0 Å². The molecule has 0 aromatic carbocycles. The molecule has 0 radical (unpaired) electrons. The molecule has 4 heteroatoms. The first-order valence-corrected chi connectivity index (χ1v) is 8.85. The molecule has 1 atom stereocenters. The van der Waals surface area contributed by atoms with Crippen molar-refractivity contribution in [2.75, 3.05) is 6.54 Å². The molecule has 0 amide bonds. The third-order valence-corrected chi connectivity index (χ3v) is 5.67. The van der Waals surface area contributed by atoms with Crippen LogP contribution >= 0.6 is 11.6 Å². The molecular weight excluding hydrogens is 282 g/mol. The Balaban J connectivity index is 2.05. The number of likely N-dealkylation sites (N-methyl/N-ethyl adjacent to an activating group) is 1. The Bertz CT molecular complexity index is 447. The second kappa shape index (κ2) is 7.64. The summed E-state index contributed by atoms with van der Waals surface area (Å²) < 4.78 is 1.96. The largest absolute Gasteiger partial charge is 0.314 e. The van der Waals surface area contributed by atoms with Crippen LogP contribution in [0, 0.1) is 18.8 Å². The van der Waals surface area contributed by atoms with Gasteiger partial charge >= 0.3 is 0 Å². The molecule has 3 nitrogen and oxygen atoms in total. The number of rotatable bonds is 6. The molecule has 0 aliphatic heterocycles. The second-order valence-corrected chi connectivity index (χ2v) is 6.91. The summed E-state index contributed by atoms with van der Waals surface area (Å²) in [5, 5.41) is 9.00. The Morgan fingerprint density at radius 3 is 2.43 bits per heavy atom. The van der Waals surface area contributed by atoms with Crippen molar-refractivity contribution < 1.29 is 0 Å². The number of nitrogens with one attached hydrogen (secondary N) is 1. The maximum atomic E-state index is 6.43. The van der Waals surface area contributed by atoms with E-state index in [0.717, 1.165) is 35.5 Å². The van der Waals surface area contributed by atoms with E-state index in [0.29, 0.717) is 6.04 Å². The Labute approximate surface area is 134 Å². The quantitative estimate of drug-likeness (QED) is 0.856. The highest BCUT2D eigenvalue weighted by molar-refractivity contribution is 6.31. The van der Waals surface area contributed by atoms with E-state index in [1.807, 2.05) is 18.7 Å². The van der Waals surface area contributed by atoms with E-state index in [9.17, 15) is 0 Å². The molecule has 1 unspecified atom stereocenters. The topological polar surface area (TPSA) is 29.9 Å². The molecule has 1 saturated carbocycles. The maximum absolute atomic E-state index is 6.43. The number of halogens is 1. The van der Waals surface area contributed by atoms with E-state index < -0.39 is 0 Å². The zero-order valence-corrected chi connectivity index (χ0v) is 14.7. The molecule has 120 valence electrons. The van der Waals surface area contributed by atoms with Crippen LogP contribution in [-0.2, 0) is 13.5 Å². The van der Waals surface area contributed by atoms with Gasteiger partial charge < -0.3 is 5.32 Å². The first-order valence-electron chi connectivity index (χ1n) is 8.48. The van der Waals surface area contributed by atoms with E-state index in [1.54, 1.807) is 0 Å². The molecule has 21 heavy (non-hydrogen) atoms. The zero-order valence-electron chi connectivity index (χ0n) is 14.0. The van der Waals surface area contributed by atoms with Gasteiger partial charge in [-0.25, -0.2) is 0 Å². The Kier molecular flexibility index (Phi) is 6.12. The highest BCUT2D eigenvalue weighted by Gasteiger charge is 2.28. The third kappa shape index (κ3) is 4.01. The lowest BCUT2D eigenvalue weighted by Crippen LogP contribution is -2.40. The SMILES string of the molecule is CCNC(Cc1c(Cl)c(C)nn1C)C1CCC(CC)CC1. The van der Waals surface area contributed by atoms with Crippen molar-refractivity contribution in [3.05, 3.63) is 16.4 Å². The van der Waals surface area contributed by atoms with Gasteiger partial charge in [0.2, 0.25) is 0 Å². The fourth-order valence-corrected chi connectivity index (χ4v) is 4.01. The average Bonchev–Trinajstić information content (AvgIpc) is 2.73. The van der Waals surface area contributed by atoms with Crippen molar-refractivity contribution in [2.24, 2.45) is 18.9 Å². The molecule has 1 aliphatic rings. The summed E-state index contributed by atoms with van der Waals surface area (Å²) in [6.45, 7) is 7.53. The van der Waals surface area contributed by atoms with Crippen LogP contribution in [0.25, 0.3) is 0 Å². The summed E-state index contributed by atoms with van der Waals surface area (Å²) in [5.74, 6) is 1.73.